The topological polar surface area (TPSA) is 74.5 Å². The van der Waals surface area contributed by atoms with Gasteiger partial charge < -0.3 is 19.5 Å². The summed E-state index contributed by atoms with van der Waals surface area (Å²) in [6, 6.07) is 11.3. The van der Waals surface area contributed by atoms with E-state index in [1.54, 1.807) is 11.2 Å². The van der Waals surface area contributed by atoms with Gasteiger partial charge in [-0.25, -0.2) is 9.97 Å². The molecule has 0 spiro atoms. The van der Waals surface area contributed by atoms with Crippen LogP contribution in [0.25, 0.3) is 0 Å². The number of hydrogen-bond acceptors (Lipinski definition) is 6. The first-order valence-corrected chi connectivity index (χ1v) is 9.55. The van der Waals surface area contributed by atoms with Crippen molar-refractivity contribution >= 4 is 17.5 Å². The third-order valence-electron chi connectivity index (χ3n) is 5.29. The van der Waals surface area contributed by atoms with Crippen LogP contribution in [0.3, 0.4) is 0 Å². The maximum Gasteiger partial charge on any atom is 0.258 e. The minimum Gasteiger partial charge on any atom is -0.467 e. The largest absolute Gasteiger partial charge is 0.467 e. The SMILES string of the molecule is O=C1c2ccccc2NC(c2cnc(N3CCCC3)nc2)N1Cc1ccco1. The Labute approximate surface area is 163 Å². The van der Waals surface area contributed by atoms with Crippen LogP contribution in [0.15, 0.2) is 59.5 Å². The van der Waals surface area contributed by atoms with Crippen LogP contribution in [0.2, 0.25) is 0 Å². The number of anilines is 2. The fourth-order valence-corrected chi connectivity index (χ4v) is 3.84. The van der Waals surface area contributed by atoms with Crippen molar-refractivity contribution in [1.82, 2.24) is 14.9 Å². The molecule has 2 aliphatic heterocycles. The van der Waals surface area contributed by atoms with E-state index >= 15 is 0 Å². The van der Waals surface area contributed by atoms with Crippen LogP contribution >= 0.6 is 0 Å². The van der Waals surface area contributed by atoms with Crippen molar-refractivity contribution in [1.29, 1.82) is 0 Å². The van der Waals surface area contributed by atoms with Crippen LogP contribution in [-0.4, -0.2) is 33.9 Å². The number of hydrogen-bond donors (Lipinski definition) is 1. The van der Waals surface area contributed by atoms with Gasteiger partial charge in [0.25, 0.3) is 5.91 Å². The van der Waals surface area contributed by atoms with Crippen LogP contribution < -0.4 is 10.2 Å². The molecule has 142 valence electrons. The molecule has 2 aliphatic rings. The van der Waals surface area contributed by atoms with E-state index in [9.17, 15) is 4.79 Å². The van der Waals surface area contributed by atoms with Gasteiger partial charge in [-0.15, -0.1) is 0 Å². The van der Waals surface area contributed by atoms with Gasteiger partial charge in [-0.1, -0.05) is 12.1 Å². The average Bonchev–Trinajstić information content (AvgIpc) is 3.44. The maximum absolute atomic E-state index is 13.2. The summed E-state index contributed by atoms with van der Waals surface area (Å²) in [5, 5.41) is 3.47. The van der Waals surface area contributed by atoms with Crippen molar-refractivity contribution in [3.05, 3.63) is 71.9 Å². The number of nitrogens with one attached hydrogen (secondary N) is 1. The summed E-state index contributed by atoms with van der Waals surface area (Å²) < 4.78 is 5.48. The van der Waals surface area contributed by atoms with E-state index in [1.807, 2.05) is 48.8 Å². The van der Waals surface area contributed by atoms with Crippen molar-refractivity contribution in [2.45, 2.75) is 25.6 Å². The monoisotopic (exact) mass is 375 g/mol. The quantitative estimate of drug-likeness (QED) is 0.753. The summed E-state index contributed by atoms with van der Waals surface area (Å²) in [7, 11) is 0. The molecule has 1 atom stereocenters. The average molecular weight is 375 g/mol. The number of fused-ring (bicyclic) bond motifs is 1. The first-order chi connectivity index (χ1) is 13.8. The van der Waals surface area contributed by atoms with E-state index < -0.39 is 0 Å². The first-order valence-electron chi connectivity index (χ1n) is 9.55. The highest BCUT2D eigenvalue weighted by Gasteiger charge is 2.34. The molecule has 0 aliphatic carbocycles. The molecule has 1 amide bonds. The second-order valence-corrected chi connectivity index (χ2v) is 7.12. The molecule has 0 radical (unpaired) electrons. The highest BCUT2D eigenvalue weighted by Crippen LogP contribution is 2.34. The molecule has 1 aromatic carbocycles. The van der Waals surface area contributed by atoms with Crippen molar-refractivity contribution in [3.63, 3.8) is 0 Å². The molecule has 0 saturated carbocycles. The van der Waals surface area contributed by atoms with Crippen LogP contribution in [-0.2, 0) is 6.54 Å². The van der Waals surface area contributed by atoms with Gasteiger partial charge in [0.2, 0.25) is 5.95 Å². The normalized spacial score (nSPS) is 18.9. The van der Waals surface area contributed by atoms with Crippen molar-refractivity contribution < 1.29 is 9.21 Å². The molecule has 7 heteroatoms. The van der Waals surface area contributed by atoms with E-state index in [-0.39, 0.29) is 12.1 Å². The Morgan fingerprint density at radius 3 is 2.61 bits per heavy atom. The molecule has 1 unspecified atom stereocenters. The Balaban J connectivity index is 1.48. The van der Waals surface area contributed by atoms with E-state index in [2.05, 4.69) is 20.2 Å². The standard InChI is InChI=1S/C21H21N5O2/c27-20-17-7-1-2-8-18(17)24-19(26(20)14-16-6-5-11-28-16)15-12-22-21(23-13-15)25-9-3-4-10-25/h1-2,5-8,11-13,19,24H,3-4,9-10,14H2. The molecule has 2 aromatic heterocycles. The van der Waals surface area contributed by atoms with Crippen molar-refractivity contribution in [2.75, 3.05) is 23.3 Å². The lowest BCUT2D eigenvalue weighted by molar-refractivity contribution is 0.0651. The predicted octanol–water partition coefficient (Wildman–Crippen LogP) is 3.44. The van der Waals surface area contributed by atoms with Gasteiger partial charge in [0.15, 0.2) is 0 Å². The van der Waals surface area contributed by atoms with Gasteiger partial charge in [-0.2, -0.15) is 0 Å². The number of carbonyl (C=O) groups is 1. The number of aromatic nitrogens is 2. The van der Waals surface area contributed by atoms with Crippen molar-refractivity contribution in [2.24, 2.45) is 0 Å². The number of amides is 1. The minimum atomic E-state index is -0.361. The number of rotatable bonds is 4. The lowest BCUT2D eigenvalue weighted by Crippen LogP contribution is -2.42. The lowest BCUT2D eigenvalue weighted by Gasteiger charge is -2.37. The van der Waals surface area contributed by atoms with Gasteiger partial charge in [0.05, 0.1) is 18.4 Å². The first kappa shape index (κ1) is 16.8. The van der Waals surface area contributed by atoms with E-state index in [0.717, 1.165) is 36.0 Å². The van der Waals surface area contributed by atoms with E-state index in [1.165, 1.54) is 12.8 Å². The Kier molecular flexibility index (Phi) is 4.20. The Bertz CT molecular complexity index is 965. The second kappa shape index (κ2) is 6.99. The molecule has 7 nitrogen and oxygen atoms in total. The summed E-state index contributed by atoms with van der Waals surface area (Å²) in [5.74, 6) is 1.44. The number of carbonyl (C=O) groups excluding carboxylic acids is 1. The molecule has 4 heterocycles. The molecule has 5 rings (SSSR count). The minimum absolute atomic E-state index is 0.0423. The summed E-state index contributed by atoms with van der Waals surface area (Å²) >= 11 is 0. The van der Waals surface area contributed by atoms with Crippen molar-refractivity contribution in [3.8, 4) is 0 Å². The van der Waals surface area contributed by atoms with Crippen LogP contribution in [0.4, 0.5) is 11.6 Å². The second-order valence-electron chi connectivity index (χ2n) is 7.12. The summed E-state index contributed by atoms with van der Waals surface area (Å²) in [6.07, 6.45) is 7.24. The predicted molar refractivity (Wildman–Crippen MR) is 105 cm³/mol. The molecular weight excluding hydrogens is 354 g/mol. The zero-order chi connectivity index (χ0) is 18.9. The van der Waals surface area contributed by atoms with Crippen LogP contribution in [0.5, 0.6) is 0 Å². The molecular formula is C21H21N5O2. The van der Waals surface area contributed by atoms with E-state index in [0.29, 0.717) is 12.1 Å². The number of furan rings is 1. The third-order valence-corrected chi connectivity index (χ3v) is 5.29. The summed E-state index contributed by atoms with van der Waals surface area (Å²) in [4.78, 5) is 26.3. The molecule has 0 bridgehead atoms. The van der Waals surface area contributed by atoms with Crippen LogP contribution in [0.1, 0.15) is 40.7 Å². The Morgan fingerprint density at radius 1 is 1.07 bits per heavy atom. The third kappa shape index (κ3) is 2.98. The molecule has 1 N–H and O–H groups in total. The van der Waals surface area contributed by atoms with Gasteiger partial charge in [0.1, 0.15) is 11.9 Å². The fourth-order valence-electron chi connectivity index (χ4n) is 3.84. The van der Waals surface area contributed by atoms with Gasteiger partial charge >= 0.3 is 0 Å². The fraction of sp³-hybridized carbons (Fsp3) is 0.286. The zero-order valence-corrected chi connectivity index (χ0v) is 15.4. The maximum atomic E-state index is 13.2. The Hall–Kier alpha value is -3.35. The highest BCUT2D eigenvalue weighted by molar-refractivity contribution is 6.01. The summed E-state index contributed by atoms with van der Waals surface area (Å²) in [6.45, 7) is 2.36. The van der Waals surface area contributed by atoms with Gasteiger partial charge in [0, 0.05) is 36.7 Å². The van der Waals surface area contributed by atoms with Gasteiger partial charge in [-0.3, -0.25) is 4.79 Å². The van der Waals surface area contributed by atoms with Gasteiger partial charge in [-0.05, 0) is 37.1 Å². The molecule has 1 fully saturated rings. The zero-order valence-electron chi connectivity index (χ0n) is 15.4. The molecule has 1 saturated heterocycles. The smallest absolute Gasteiger partial charge is 0.258 e. The molecule has 28 heavy (non-hydrogen) atoms. The summed E-state index contributed by atoms with van der Waals surface area (Å²) in [5.41, 5.74) is 2.31. The van der Waals surface area contributed by atoms with E-state index in [4.69, 9.17) is 4.42 Å². The Morgan fingerprint density at radius 2 is 1.86 bits per heavy atom. The molecule has 3 aromatic rings. The highest BCUT2D eigenvalue weighted by atomic mass is 16.3. The number of nitrogens with zero attached hydrogens (tertiary/aromatic N) is 4. The number of benzene rings is 1. The van der Waals surface area contributed by atoms with Crippen LogP contribution in [0, 0.1) is 0 Å². The number of para-hydroxylation sites is 1. The lowest BCUT2D eigenvalue weighted by atomic mass is 10.0.